The lowest BCUT2D eigenvalue weighted by Gasteiger charge is -2.12. The molecule has 27 aromatic rings. The third-order valence-corrected chi connectivity index (χ3v) is 25.8. The second-order valence-electron chi connectivity index (χ2n) is 33.2. The molecule has 10 aromatic heterocycles. The first-order valence-electron chi connectivity index (χ1n) is 44.6. The summed E-state index contributed by atoms with van der Waals surface area (Å²) in [6, 6.07) is 160. The number of benzene rings is 17. The van der Waals surface area contributed by atoms with Gasteiger partial charge < -0.3 is 18.3 Å². The molecule has 10 heterocycles. The Morgan fingerprint density at radius 3 is 0.894 bits per heavy atom. The van der Waals surface area contributed by atoms with Gasteiger partial charge in [0, 0.05) is 112 Å². The molecule has 0 spiro atoms. The fraction of sp³-hybridized carbons (Fsp3) is 0. The van der Waals surface area contributed by atoms with Crippen LogP contribution in [-0.2, 0) is 0 Å². The predicted molar refractivity (Wildman–Crippen MR) is 545 cm³/mol. The number of para-hydroxylation sites is 8. The molecule has 0 radical (unpaired) electrons. The maximum atomic E-state index is 5.13. The first kappa shape index (κ1) is 76.4. The SMILES string of the molecule is c1ccc(-c2ccc(-n3c4ccccc4c4ccc(-c5cccc6c5c5ncccc5n6-c5ccccc5)cc43)cc2)cc1.c1ccc(-c2nc(-c3ccccc3)nc(-n3c4ccccc4c4ccc(-c5cccc6c5c5ncccc5n6-c5ccccc5)cc43)n2)cc1.c1ccc(-n2c3ccccc3c3ccc(-c4ccnc5c4c4ccccc4n5-c4ccccc4)cc32)cc1. The van der Waals surface area contributed by atoms with Gasteiger partial charge in [-0.2, -0.15) is 9.97 Å². The standard InChI is InChI=1S/C44H28N6.C41H27N3.C35H23N3/c1-4-14-29(15-5-1)42-46-43(30-16-6-2-7-17-30)48-44(47-42)50-36-22-11-10-20-34(36)35-26-25-31(28-39(35)50)33-21-12-23-37-40(33)41-38(24-13-27-45-41)49(37)32-18-8-3-9-19-32;1-3-11-28(12-4-1)29-20-23-32(24-21-29)43-36-17-8-7-15-34(36)35-25-22-30(27-39(35)43)33-16-9-18-37-40(33)41-38(19-10-26-42-41)44(37)31-13-5-2-6-14-31;1-3-11-25(12-4-1)37-31-17-9-7-15-28(31)29-20-19-24(23-33(29)37)27-21-22-36-35-34(27)30-16-8-10-18-32(30)38(35)26-13-5-2-6-14-26/h1-28H;1-27H;1-23H. The summed E-state index contributed by atoms with van der Waals surface area (Å²) in [5.41, 5.74) is 32.3. The molecule has 618 valence electrons. The van der Waals surface area contributed by atoms with Crippen molar-refractivity contribution in [1.82, 2.24) is 57.3 Å². The zero-order valence-corrected chi connectivity index (χ0v) is 71.4. The Hall–Kier alpha value is -18.0. The Labute approximate surface area is 758 Å². The van der Waals surface area contributed by atoms with E-state index < -0.39 is 0 Å². The molecule has 0 aliphatic rings. The highest BCUT2D eigenvalue weighted by Crippen LogP contribution is 2.46. The molecule has 0 aliphatic heterocycles. The van der Waals surface area contributed by atoms with E-state index in [1.165, 1.54) is 93.2 Å². The van der Waals surface area contributed by atoms with Gasteiger partial charge in [-0.1, -0.05) is 309 Å². The number of fused-ring (bicyclic) bond motifs is 18. The van der Waals surface area contributed by atoms with Crippen LogP contribution in [0.5, 0.6) is 0 Å². The van der Waals surface area contributed by atoms with Crippen LogP contribution in [0.3, 0.4) is 0 Å². The maximum Gasteiger partial charge on any atom is 0.238 e. The minimum atomic E-state index is 0.571. The van der Waals surface area contributed by atoms with Gasteiger partial charge in [-0.3, -0.25) is 19.1 Å². The highest BCUT2D eigenvalue weighted by molar-refractivity contribution is 6.20. The van der Waals surface area contributed by atoms with Crippen molar-refractivity contribution in [3.63, 3.8) is 0 Å². The molecule has 12 heteroatoms. The molecule has 0 amide bonds. The van der Waals surface area contributed by atoms with E-state index in [2.05, 4.69) is 404 Å². The van der Waals surface area contributed by atoms with Gasteiger partial charge in [-0.25, -0.2) is 9.97 Å². The van der Waals surface area contributed by atoms with Gasteiger partial charge in [0.15, 0.2) is 11.6 Å². The Balaban J connectivity index is 0.000000107. The second-order valence-corrected chi connectivity index (χ2v) is 33.2. The van der Waals surface area contributed by atoms with Crippen molar-refractivity contribution in [1.29, 1.82) is 0 Å². The van der Waals surface area contributed by atoms with E-state index in [9.17, 15) is 0 Å². The number of aromatic nitrogens is 12. The topological polar surface area (TPSA) is 107 Å². The van der Waals surface area contributed by atoms with Crippen LogP contribution in [0.1, 0.15) is 0 Å². The molecule has 0 bridgehead atoms. The van der Waals surface area contributed by atoms with Gasteiger partial charge in [-0.15, -0.1) is 0 Å². The fourth-order valence-electron chi connectivity index (χ4n) is 20.0. The minimum absolute atomic E-state index is 0.571. The Kier molecular flexibility index (Phi) is 18.6. The average Bonchev–Trinajstić information content (AvgIpc) is 1.58. The van der Waals surface area contributed by atoms with Crippen LogP contribution < -0.4 is 0 Å². The normalized spacial score (nSPS) is 11.6. The highest BCUT2D eigenvalue weighted by atomic mass is 15.2. The van der Waals surface area contributed by atoms with Crippen LogP contribution in [0.15, 0.2) is 474 Å². The third kappa shape index (κ3) is 12.9. The van der Waals surface area contributed by atoms with Crippen molar-refractivity contribution in [2.24, 2.45) is 0 Å². The van der Waals surface area contributed by atoms with E-state index in [0.29, 0.717) is 17.6 Å². The van der Waals surface area contributed by atoms with Crippen LogP contribution in [0.4, 0.5) is 0 Å². The number of nitrogens with zero attached hydrogens (tertiary/aromatic N) is 12. The lowest BCUT2D eigenvalue weighted by atomic mass is 9.99. The smallest absolute Gasteiger partial charge is 0.238 e. The zero-order chi connectivity index (χ0) is 87.1. The quantitative estimate of drug-likeness (QED) is 0.121. The third-order valence-electron chi connectivity index (χ3n) is 25.8. The van der Waals surface area contributed by atoms with Gasteiger partial charge in [0.05, 0.1) is 71.7 Å². The van der Waals surface area contributed by atoms with Crippen molar-refractivity contribution in [2.45, 2.75) is 0 Å². The molecule has 12 nitrogen and oxygen atoms in total. The maximum absolute atomic E-state index is 5.13. The molecule has 0 saturated heterocycles. The van der Waals surface area contributed by atoms with Crippen LogP contribution in [0.2, 0.25) is 0 Å². The Morgan fingerprint density at radius 1 is 0.159 bits per heavy atom. The summed E-state index contributed by atoms with van der Waals surface area (Å²) in [7, 11) is 0. The minimum Gasteiger partial charge on any atom is -0.309 e. The highest BCUT2D eigenvalue weighted by Gasteiger charge is 2.26. The largest absolute Gasteiger partial charge is 0.309 e. The fourth-order valence-corrected chi connectivity index (χ4v) is 20.0. The summed E-state index contributed by atoms with van der Waals surface area (Å²) in [4.78, 5) is 30.0. The lowest BCUT2D eigenvalue weighted by Crippen LogP contribution is -2.06. The van der Waals surface area contributed by atoms with E-state index in [0.717, 1.165) is 122 Å². The van der Waals surface area contributed by atoms with Gasteiger partial charge >= 0.3 is 0 Å². The Bertz CT molecular complexity index is 9060. The van der Waals surface area contributed by atoms with Crippen molar-refractivity contribution >= 4 is 131 Å². The molecule has 0 saturated carbocycles. The molecule has 27 rings (SSSR count). The van der Waals surface area contributed by atoms with Crippen molar-refractivity contribution < 1.29 is 0 Å². The molecule has 17 aromatic carbocycles. The molecule has 0 fully saturated rings. The average molecular weight is 1690 g/mol. The second kappa shape index (κ2) is 32.1. The summed E-state index contributed by atoms with van der Waals surface area (Å²) < 4.78 is 13.9. The molecule has 0 aliphatic carbocycles. The van der Waals surface area contributed by atoms with Crippen LogP contribution in [0.25, 0.3) is 233 Å². The molecule has 0 N–H and O–H groups in total. The molecule has 0 unspecified atom stereocenters. The number of rotatable bonds is 12. The number of hydrogen-bond acceptors (Lipinski definition) is 6. The molecule has 132 heavy (non-hydrogen) atoms. The van der Waals surface area contributed by atoms with E-state index in [1.807, 2.05) is 97.5 Å². The van der Waals surface area contributed by atoms with Crippen LogP contribution in [0, 0.1) is 0 Å². The van der Waals surface area contributed by atoms with Gasteiger partial charge in [-0.05, 0) is 190 Å². The molecular formula is C120H78N12. The van der Waals surface area contributed by atoms with Crippen LogP contribution in [-0.4, -0.2) is 57.3 Å². The monoisotopic (exact) mass is 1690 g/mol. The van der Waals surface area contributed by atoms with Gasteiger partial charge in [0.1, 0.15) is 5.65 Å². The molecular weight excluding hydrogens is 1610 g/mol. The molecule has 0 atom stereocenters. The van der Waals surface area contributed by atoms with E-state index in [-0.39, 0.29) is 0 Å². The first-order chi connectivity index (χ1) is 65.5. The Morgan fingerprint density at radius 2 is 0.462 bits per heavy atom. The summed E-state index contributed by atoms with van der Waals surface area (Å²) >= 11 is 0. The van der Waals surface area contributed by atoms with Crippen molar-refractivity contribution in [3.8, 4) is 102 Å². The number of hydrogen-bond donors (Lipinski definition) is 0. The summed E-state index contributed by atoms with van der Waals surface area (Å²) in [6.45, 7) is 0. The first-order valence-corrected chi connectivity index (χ1v) is 44.6. The lowest BCUT2D eigenvalue weighted by molar-refractivity contribution is 0.953. The van der Waals surface area contributed by atoms with Crippen molar-refractivity contribution in [2.75, 3.05) is 0 Å². The summed E-state index contributed by atoms with van der Waals surface area (Å²) in [6.07, 6.45) is 5.71. The summed E-state index contributed by atoms with van der Waals surface area (Å²) in [5.74, 6) is 1.82. The summed E-state index contributed by atoms with van der Waals surface area (Å²) in [5, 5.41) is 11.9. The van der Waals surface area contributed by atoms with E-state index in [1.54, 1.807) is 0 Å². The number of pyridine rings is 3. The van der Waals surface area contributed by atoms with E-state index >= 15 is 0 Å². The zero-order valence-electron chi connectivity index (χ0n) is 71.4. The van der Waals surface area contributed by atoms with E-state index in [4.69, 9.17) is 29.9 Å². The van der Waals surface area contributed by atoms with Crippen molar-refractivity contribution in [3.05, 3.63) is 474 Å². The van der Waals surface area contributed by atoms with Crippen LogP contribution >= 0.6 is 0 Å². The predicted octanol–water partition coefficient (Wildman–Crippen LogP) is 30.0. The van der Waals surface area contributed by atoms with Gasteiger partial charge in [0.25, 0.3) is 0 Å². The van der Waals surface area contributed by atoms with Gasteiger partial charge in [0.2, 0.25) is 5.95 Å².